The number of phenols is 2. The molecule has 0 fully saturated rings. The van der Waals surface area contributed by atoms with Crippen LogP contribution in [0.15, 0.2) is 6.07 Å². The average Bonchev–Trinajstić information content (AvgIpc) is 2.51. The molecule has 0 radical (unpaired) electrons. The van der Waals surface area contributed by atoms with Gasteiger partial charge in [0, 0.05) is 11.1 Å². The molecule has 0 spiro atoms. The lowest BCUT2D eigenvalue weighted by atomic mass is 9.77. The number of phenolic OH excluding ortho intramolecular Hbond substituents is 2. The van der Waals surface area contributed by atoms with Crippen molar-refractivity contribution in [1.29, 1.82) is 0 Å². The Balaban J connectivity index is 3.01. The third-order valence-corrected chi connectivity index (χ3v) is 4.78. The fourth-order valence-electron chi connectivity index (χ4n) is 3.23. The van der Waals surface area contributed by atoms with Crippen LogP contribution in [-0.4, -0.2) is 22.8 Å². The van der Waals surface area contributed by atoms with Crippen molar-refractivity contribution < 1.29 is 19.7 Å². The molecule has 0 amide bonds. The number of rotatable bonds is 8. The number of hydrogen-bond donors (Lipinski definition) is 2. The second-order valence-corrected chi connectivity index (χ2v) is 9.45. The molecule has 0 unspecified atom stereocenters. The zero-order valence-corrected chi connectivity index (χ0v) is 18.2. The number of unbranched alkanes of at least 4 members (excludes halogenated alkanes) is 5. The van der Waals surface area contributed by atoms with E-state index in [1.165, 1.54) is 19.3 Å². The van der Waals surface area contributed by atoms with Crippen LogP contribution in [0.2, 0.25) is 0 Å². The van der Waals surface area contributed by atoms with Crippen molar-refractivity contribution in [3.8, 4) is 11.5 Å². The first kappa shape index (κ1) is 23.3. The predicted molar refractivity (Wildman–Crippen MR) is 111 cm³/mol. The van der Waals surface area contributed by atoms with Crippen molar-refractivity contribution in [2.24, 2.45) is 0 Å². The van der Waals surface area contributed by atoms with E-state index >= 15 is 0 Å². The van der Waals surface area contributed by atoms with E-state index in [-0.39, 0.29) is 22.5 Å². The monoisotopic (exact) mass is 378 g/mol. The first-order chi connectivity index (χ1) is 12.4. The number of carbonyl (C=O) groups is 1. The Labute approximate surface area is 164 Å². The molecule has 0 aliphatic heterocycles. The summed E-state index contributed by atoms with van der Waals surface area (Å²) in [5.41, 5.74) is 0.280. The van der Waals surface area contributed by atoms with E-state index in [9.17, 15) is 15.0 Å². The molecule has 1 aromatic carbocycles. The largest absolute Gasteiger partial charge is 0.507 e. The maximum absolute atomic E-state index is 12.6. The van der Waals surface area contributed by atoms with Crippen molar-refractivity contribution in [2.45, 2.75) is 97.8 Å². The van der Waals surface area contributed by atoms with E-state index in [1.807, 2.05) is 41.5 Å². The molecular formula is C23H38O4. The Hall–Kier alpha value is -1.71. The molecule has 0 aliphatic carbocycles. The van der Waals surface area contributed by atoms with Crippen LogP contribution in [0.5, 0.6) is 11.5 Å². The molecule has 0 aromatic heterocycles. The summed E-state index contributed by atoms with van der Waals surface area (Å²) in [6.45, 7) is 14.1. The molecule has 0 atom stereocenters. The topological polar surface area (TPSA) is 66.8 Å². The minimum Gasteiger partial charge on any atom is -0.507 e. The Morgan fingerprint density at radius 3 is 1.96 bits per heavy atom. The summed E-state index contributed by atoms with van der Waals surface area (Å²) in [5.74, 6) is -0.655. The minimum absolute atomic E-state index is 0.0555. The van der Waals surface area contributed by atoms with Crippen LogP contribution in [0.1, 0.15) is 108 Å². The van der Waals surface area contributed by atoms with E-state index in [2.05, 4.69) is 6.92 Å². The van der Waals surface area contributed by atoms with Gasteiger partial charge in [-0.1, -0.05) is 80.6 Å². The third kappa shape index (κ3) is 6.44. The van der Waals surface area contributed by atoms with Gasteiger partial charge in [0.2, 0.25) is 0 Å². The Morgan fingerprint density at radius 2 is 1.44 bits per heavy atom. The smallest absolute Gasteiger partial charge is 0.341 e. The van der Waals surface area contributed by atoms with Crippen LogP contribution in [0.3, 0.4) is 0 Å². The highest BCUT2D eigenvalue weighted by Crippen LogP contribution is 2.45. The zero-order valence-electron chi connectivity index (χ0n) is 18.2. The highest BCUT2D eigenvalue weighted by atomic mass is 16.5. The summed E-state index contributed by atoms with van der Waals surface area (Å²) in [6.07, 6.45) is 6.68. The highest BCUT2D eigenvalue weighted by Gasteiger charge is 2.32. The first-order valence-electron chi connectivity index (χ1n) is 10.2. The zero-order chi connectivity index (χ0) is 20.8. The molecule has 0 aliphatic rings. The second kappa shape index (κ2) is 9.48. The standard InChI is InChI=1S/C23H38O4/c1-8-9-10-11-12-13-14-27-21(26)16-15-17(22(2,3)4)20(25)18(19(16)24)23(5,6)7/h15,24-25H,8-14H2,1-7H3. The molecule has 0 heterocycles. The lowest BCUT2D eigenvalue weighted by Crippen LogP contribution is -2.20. The molecule has 2 N–H and O–H groups in total. The van der Waals surface area contributed by atoms with Gasteiger partial charge >= 0.3 is 5.97 Å². The number of esters is 1. The fourth-order valence-corrected chi connectivity index (χ4v) is 3.23. The molecule has 0 saturated carbocycles. The van der Waals surface area contributed by atoms with Gasteiger partial charge in [0.25, 0.3) is 0 Å². The quantitative estimate of drug-likeness (QED) is 0.417. The van der Waals surface area contributed by atoms with Gasteiger partial charge < -0.3 is 14.9 Å². The molecular weight excluding hydrogens is 340 g/mol. The molecule has 0 saturated heterocycles. The summed E-state index contributed by atoms with van der Waals surface area (Å²) in [5, 5.41) is 21.5. The normalized spacial score (nSPS) is 12.3. The Bertz CT molecular complexity index is 633. The van der Waals surface area contributed by atoms with E-state index < -0.39 is 11.4 Å². The number of hydrogen-bond acceptors (Lipinski definition) is 4. The molecule has 154 valence electrons. The van der Waals surface area contributed by atoms with Crippen molar-refractivity contribution in [1.82, 2.24) is 0 Å². The first-order valence-corrected chi connectivity index (χ1v) is 10.2. The lowest BCUT2D eigenvalue weighted by molar-refractivity contribution is 0.0494. The second-order valence-electron chi connectivity index (χ2n) is 9.45. The molecule has 27 heavy (non-hydrogen) atoms. The van der Waals surface area contributed by atoms with Crippen LogP contribution < -0.4 is 0 Å². The van der Waals surface area contributed by atoms with Gasteiger partial charge in [-0.15, -0.1) is 0 Å². The van der Waals surface area contributed by atoms with Crippen LogP contribution in [0.25, 0.3) is 0 Å². The van der Waals surface area contributed by atoms with Gasteiger partial charge in [0.1, 0.15) is 17.1 Å². The van der Waals surface area contributed by atoms with Crippen LogP contribution in [0, 0.1) is 0 Å². The summed E-state index contributed by atoms with van der Waals surface area (Å²) in [4.78, 5) is 12.6. The van der Waals surface area contributed by atoms with E-state index in [0.29, 0.717) is 17.7 Å². The van der Waals surface area contributed by atoms with Gasteiger partial charge in [0.15, 0.2) is 0 Å². The molecule has 4 heteroatoms. The molecule has 1 rings (SSSR count). The van der Waals surface area contributed by atoms with E-state index in [0.717, 1.165) is 19.3 Å². The summed E-state index contributed by atoms with van der Waals surface area (Å²) < 4.78 is 5.41. The fraction of sp³-hybridized carbons (Fsp3) is 0.696. The van der Waals surface area contributed by atoms with Crippen molar-refractivity contribution in [3.63, 3.8) is 0 Å². The molecule has 4 nitrogen and oxygen atoms in total. The Morgan fingerprint density at radius 1 is 0.889 bits per heavy atom. The van der Waals surface area contributed by atoms with Gasteiger partial charge in [-0.25, -0.2) is 4.79 Å². The number of benzene rings is 1. The summed E-state index contributed by atoms with van der Waals surface area (Å²) >= 11 is 0. The van der Waals surface area contributed by atoms with Gasteiger partial charge in [-0.2, -0.15) is 0 Å². The Kier molecular flexibility index (Phi) is 8.19. The summed E-state index contributed by atoms with van der Waals surface area (Å²) in [6, 6.07) is 1.57. The van der Waals surface area contributed by atoms with E-state index in [1.54, 1.807) is 6.07 Å². The minimum atomic E-state index is -0.531. The summed E-state index contributed by atoms with van der Waals surface area (Å²) in [7, 11) is 0. The van der Waals surface area contributed by atoms with Crippen LogP contribution >= 0.6 is 0 Å². The highest BCUT2D eigenvalue weighted by molar-refractivity contribution is 5.94. The van der Waals surface area contributed by atoms with Crippen molar-refractivity contribution in [2.75, 3.05) is 6.61 Å². The SMILES string of the molecule is CCCCCCCCOC(=O)c1cc(C(C)(C)C)c(O)c(C(C)(C)C)c1O. The third-order valence-electron chi connectivity index (χ3n) is 4.78. The molecule has 0 bridgehead atoms. The lowest BCUT2D eigenvalue weighted by Gasteiger charge is -2.29. The number of carbonyl (C=O) groups excluding carboxylic acids is 1. The van der Waals surface area contributed by atoms with Crippen molar-refractivity contribution >= 4 is 5.97 Å². The maximum Gasteiger partial charge on any atom is 0.341 e. The van der Waals surface area contributed by atoms with Gasteiger partial charge in [-0.05, 0) is 23.3 Å². The van der Waals surface area contributed by atoms with E-state index in [4.69, 9.17) is 4.74 Å². The number of ether oxygens (including phenoxy) is 1. The van der Waals surface area contributed by atoms with Crippen molar-refractivity contribution in [3.05, 3.63) is 22.8 Å². The van der Waals surface area contributed by atoms with Gasteiger partial charge in [0.05, 0.1) is 6.61 Å². The van der Waals surface area contributed by atoms with Crippen LogP contribution in [0.4, 0.5) is 0 Å². The van der Waals surface area contributed by atoms with Gasteiger partial charge in [-0.3, -0.25) is 0 Å². The predicted octanol–water partition coefficient (Wildman–Crippen LogP) is 6.21. The molecule has 1 aromatic rings. The average molecular weight is 379 g/mol. The number of aromatic hydroxyl groups is 2. The maximum atomic E-state index is 12.6. The van der Waals surface area contributed by atoms with Crippen LogP contribution in [-0.2, 0) is 15.6 Å².